The van der Waals surface area contributed by atoms with E-state index in [4.69, 9.17) is 4.52 Å². The predicted octanol–water partition coefficient (Wildman–Crippen LogP) is 2.14. The van der Waals surface area contributed by atoms with Crippen LogP contribution in [0.15, 0.2) is 9.52 Å². The van der Waals surface area contributed by atoms with Crippen LogP contribution in [0.5, 0.6) is 0 Å². The number of aryl methyl sites for hydroxylation is 2. The van der Waals surface area contributed by atoms with Crippen LogP contribution in [0.4, 0.5) is 0 Å². The van der Waals surface area contributed by atoms with Crippen LogP contribution in [0, 0.1) is 0 Å². The van der Waals surface area contributed by atoms with E-state index in [2.05, 4.69) is 39.9 Å². The molecular formula is C17H30IN5O2. The van der Waals surface area contributed by atoms with Gasteiger partial charge in [0.15, 0.2) is 5.96 Å². The van der Waals surface area contributed by atoms with Crippen LogP contribution in [-0.2, 0) is 24.2 Å². The van der Waals surface area contributed by atoms with Gasteiger partial charge in [-0.05, 0) is 25.7 Å². The van der Waals surface area contributed by atoms with Gasteiger partial charge < -0.3 is 20.5 Å². The third kappa shape index (κ3) is 7.21. The number of carbonyl (C=O) groups excluding carboxylic acids is 1. The Balaban J connectivity index is 0.00000312. The molecule has 0 radical (unpaired) electrons. The van der Waals surface area contributed by atoms with E-state index in [0.717, 1.165) is 55.1 Å². The Morgan fingerprint density at radius 3 is 2.64 bits per heavy atom. The molecule has 2 rings (SSSR count). The molecule has 1 saturated carbocycles. The van der Waals surface area contributed by atoms with Gasteiger partial charge >= 0.3 is 0 Å². The number of nitrogens with one attached hydrogen (secondary N) is 3. The van der Waals surface area contributed by atoms with Crippen molar-refractivity contribution in [2.45, 2.75) is 65.0 Å². The van der Waals surface area contributed by atoms with E-state index >= 15 is 0 Å². The normalized spacial score (nSPS) is 14.0. The Morgan fingerprint density at radius 2 is 2.04 bits per heavy atom. The van der Waals surface area contributed by atoms with Crippen molar-refractivity contribution in [2.75, 3.05) is 13.6 Å². The van der Waals surface area contributed by atoms with E-state index in [1.54, 1.807) is 7.05 Å². The summed E-state index contributed by atoms with van der Waals surface area (Å²) in [6, 6.07) is 0.434. The van der Waals surface area contributed by atoms with Gasteiger partial charge in [-0.25, -0.2) is 0 Å². The van der Waals surface area contributed by atoms with E-state index < -0.39 is 0 Å². The summed E-state index contributed by atoms with van der Waals surface area (Å²) in [6.45, 7) is 5.48. The highest BCUT2D eigenvalue weighted by Gasteiger charge is 2.22. The van der Waals surface area contributed by atoms with Gasteiger partial charge in [0.2, 0.25) is 5.91 Å². The van der Waals surface area contributed by atoms with Crippen molar-refractivity contribution in [3.63, 3.8) is 0 Å². The van der Waals surface area contributed by atoms with Crippen LogP contribution < -0.4 is 16.0 Å². The highest BCUT2D eigenvalue weighted by molar-refractivity contribution is 14.0. The second-order valence-corrected chi connectivity index (χ2v) is 6.04. The van der Waals surface area contributed by atoms with Gasteiger partial charge in [0, 0.05) is 44.6 Å². The lowest BCUT2D eigenvalue weighted by atomic mass is 10.1. The molecule has 1 fully saturated rings. The number of rotatable bonds is 9. The number of halogens is 1. The minimum atomic E-state index is 0. The zero-order valence-corrected chi connectivity index (χ0v) is 17.7. The number of carbonyl (C=O) groups is 1. The third-order valence-corrected chi connectivity index (χ3v) is 4.08. The Morgan fingerprint density at radius 1 is 1.28 bits per heavy atom. The van der Waals surface area contributed by atoms with Crippen molar-refractivity contribution < 1.29 is 9.32 Å². The fourth-order valence-corrected chi connectivity index (χ4v) is 2.51. The predicted molar refractivity (Wildman–Crippen MR) is 109 cm³/mol. The number of hydrogen-bond acceptors (Lipinski definition) is 4. The minimum absolute atomic E-state index is 0. The van der Waals surface area contributed by atoms with Crippen LogP contribution in [0.1, 0.15) is 56.5 Å². The first kappa shape index (κ1) is 21.7. The first-order chi connectivity index (χ1) is 11.7. The summed E-state index contributed by atoms with van der Waals surface area (Å²) < 4.78 is 5.37. The quantitative estimate of drug-likeness (QED) is 0.226. The highest BCUT2D eigenvalue weighted by Crippen LogP contribution is 2.18. The zero-order chi connectivity index (χ0) is 17.4. The Bertz CT molecular complexity index is 548. The van der Waals surface area contributed by atoms with Gasteiger partial charge in [-0.2, -0.15) is 0 Å². The van der Waals surface area contributed by atoms with Crippen LogP contribution >= 0.6 is 24.0 Å². The first-order valence-corrected chi connectivity index (χ1v) is 8.88. The smallest absolute Gasteiger partial charge is 0.220 e. The maximum absolute atomic E-state index is 11.6. The summed E-state index contributed by atoms with van der Waals surface area (Å²) in [4.78, 5) is 15.8. The van der Waals surface area contributed by atoms with Crippen molar-refractivity contribution in [1.82, 2.24) is 21.1 Å². The third-order valence-electron chi connectivity index (χ3n) is 4.08. The van der Waals surface area contributed by atoms with Gasteiger partial charge in [-0.3, -0.25) is 9.79 Å². The SMILES string of the molecule is CCc1noc(CC)c1CNC(=NC)NCCCC(=O)NC1CC1.I. The van der Waals surface area contributed by atoms with Gasteiger partial charge in [0.05, 0.1) is 5.69 Å². The molecule has 0 aromatic carbocycles. The van der Waals surface area contributed by atoms with E-state index in [0.29, 0.717) is 25.6 Å². The molecular weight excluding hydrogens is 433 g/mol. The Hall–Kier alpha value is -1.32. The molecule has 8 heteroatoms. The van der Waals surface area contributed by atoms with E-state index in [-0.39, 0.29) is 29.9 Å². The Labute approximate surface area is 166 Å². The van der Waals surface area contributed by atoms with Crippen LogP contribution in [-0.4, -0.2) is 36.7 Å². The van der Waals surface area contributed by atoms with Crippen LogP contribution in [0.3, 0.4) is 0 Å². The van der Waals surface area contributed by atoms with Crippen molar-refractivity contribution >= 4 is 35.8 Å². The number of aromatic nitrogens is 1. The average molecular weight is 463 g/mol. The van der Waals surface area contributed by atoms with E-state index in [1.807, 2.05) is 0 Å². The Kier molecular flexibility index (Phi) is 9.84. The maximum atomic E-state index is 11.6. The summed E-state index contributed by atoms with van der Waals surface area (Å²) >= 11 is 0. The number of guanidine groups is 1. The number of nitrogens with zero attached hydrogens (tertiary/aromatic N) is 2. The molecule has 1 aromatic heterocycles. The number of aliphatic imine (C=N–C) groups is 1. The van der Waals surface area contributed by atoms with Crippen molar-refractivity contribution in [2.24, 2.45) is 4.99 Å². The molecule has 1 aliphatic rings. The fourth-order valence-electron chi connectivity index (χ4n) is 2.51. The van der Waals surface area contributed by atoms with Gasteiger partial charge in [0.25, 0.3) is 0 Å². The molecule has 0 unspecified atom stereocenters. The van der Waals surface area contributed by atoms with Crippen molar-refractivity contribution in [3.8, 4) is 0 Å². The largest absolute Gasteiger partial charge is 0.361 e. The van der Waals surface area contributed by atoms with Crippen molar-refractivity contribution in [3.05, 3.63) is 17.0 Å². The molecule has 142 valence electrons. The molecule has 0 saturated heterocycles. The lowest BCUT2D eigenvalue weighted by Crippen LogP contribution is -2.38. The molecule has 7 nitrogen and oxygen atoms in total. The summed E-state index contributed by atoms with van der Waals surface area (Å²) in [7, 11) is 1.74. The second-order valence-electron chi connectivity index (χ2n) is 6.04. The molecule has 1 aliphatic carbocycles. The lowest BCUT2D eigenvalue weighted by molar-refractivity contribution is -0.121. The second kappa shape index (κ2) is 11.3. The molecule has 1 aromatic rings. The van der Waals surface area contributed by atoms with E-state index in [1.165, 1.54) is 0 Å². The summed E-state index contributed by atoms with van der Waals surface area (Å²) in [5.41, 5.74) is 2.11. The molecule has 0 bridgehead atoms. The van der Waals surface area contributed by atoms with E-state index in [9.17, 15) is 4.79 Å². The lowest BCUT2D eigenvalue weighted by Gasteiger charge is -2.12. The molecule has 0 atom stereocenters. The van der Waals surface area contributed by atoms with Gasteiger partial charge in [-0.1, -0.05) is 19.0 Å². The molecule has 25 heavy (non-hydrogen) atoms. The first-order valence-electron chi connectivity index (χ1n) is 8.88. The fraction of sp³-hybridized carbons (Fsp3) is 0.706. The highest BCUT2D eigenvalue weighted by atomic mass is 127. The standard InChI is InChI=1S/C17H29N5O2.HI/c1-4-14-13(15(5-2)24-22-14)11-20-17(18-3)19-10-6-7-16(23)21-12-8-9-12;/h12H,4-11H2,1-3H3,(H,21,23)(H2,18,19,20);1H. The molecule has 0 spiro atoms. The molecule has 1 heterocycles. The monoisotopic (exact) mass is 463 g/mol. The van der Waals surface area contributed by atoms with Crippen LogP contribution in [0.25, 0.3) is 0 Å². The van der Waals surface area contributed by atoms with Crippen molar-refractivity contribution in [1.29, 1.82) is 0 Å². The average Bonchev–Trinajstić information content (AvgIpc) is 3.31. The molecule has 3 N–H and O–H groups in total. The van der Waals surface area contributed by atoms with Gasteiger partial charge in [0.1, 0.15) is 5.76 Å². The zero-order valence-electron chi connectivity index (χ0n) is 15.4. The number of amides is 1. The molecule has 1 amide bonds. The summed E-state index contributed by atoms with van der Waals surface area (Å²) in [5, 5.41) is 13.6. The summed E-state index contributed by atoms with van der Waals surface area (Å²) in [6.07, 6.45) is 5.26. The molecule has 0 aliphatic heterocycles. The van der Waals surface area contributed by atoms with Crippen LogP contribution in [0.2, 0.25) is 0 Å². The summed E-state index contributed by atoms with van der Waals surface area (Å²) in [5.74, 6) is 1.79. The topological polar surface area (TPSA) is 91.6 Å². The number of hydrogen-bond donors (Lipinski definition) is 3. The maximum Gasteiger partial charge on any atom is 0.220 e. The minimum Gasteiger partial charge on any atom is -0.361 e. The van der Waals surface area contributed by atoms with Gasteiger partial charge in [-0.15, -0.1) is 24.0 Å².